The van der Waals surface area contributed by atoms with E-state index in [1.54, 1.807) is 30.0 Å². The highest BCUT2D eigenvalue weighted by Crippen LogP contribution is 2.36. The Morgan fingerprint density at radius 1 is 1.25 bits per heavy atom. The van der Waals surface area contributed by atoms with Crippen molar-refractivity contribution in [2.45, 2.75) is 11.7 Å². The van der Waals surface area contributed by atoms with E-state index in [2.05, 4.69) is 15.9 Å². The third-order valence-corrected chi connectivity index (χ3v) is 6.17. The zero-order chi connectivity index (χ0) is 17.1. The number of carbonyl (C=O) groups excluding carboxylic acids is 1. The summed E-state index contributed by atoms with van der Waals surface area (Å²) in [5.41, 5.74) is 1.22. The molecule has 1 atom stereocenters. The van der Waals surface area contributed by atoms with Gasteiger partial charge in [-0.05, 0) is 30.7 Å². The molecule has 24 heavy (non-hydrogen) atoms. The fourth-order valence-corrected chi connectivity index (χ4v) is 4.60. The maximum atomic E-state index is 14.0. The maximum Gasteiger partial charge on any atom is 0.255 e. The normalized spacial score (nSPS) is 18.3. The summed E-state index contributed by atoms with van der Waals surface area (Å²) in [5.74, 6) is 0.525. The van der Waals surface area contributed by atoms with Gasteiger partial charge in [-0.1, -0.05) is 45.7 Å². The topological polar surface area (TPSA) is 20.3 Å². The second kappa shape index (κ2) is 7.89. The molecule has 1 aliphatic rings. The predicted octanol–water partition coefficient (Wildman–Crippen LogP) is 5.56. The van der Waals surface area contributed by atoms with Crippen LogP contribution in [0.25, 0.3) is 0 Å². The van der Waals surface area contributed by atoms with Crippen LogP contribution in [-0.2, 0) is 0 Å². The Hall–Kier alpha value is -1.04. The average molecular weight is 429 g/mol. The van der Waals surface area contributed by atoms with Gasteiger partial charge in [0.15, 0.2) is 0 Å². The summed E-state index contributed by atoms with van der Waals surface area (Å²) >= 11 is 11.2. The third kappa shape index (κ3) is 3.95. The quantitative estimate of drug-likeness (QED) is 0.624. The molecule has 0 aliphatic carbocycles. The molecule has 2 nitrogen and oxygen atoms in total. The van der Waals surface area contributed by atoms with E-state index in [0.29, 0.717) is 23.7 Å². The fraction of sp³-hybridized carbons (Fsp3) is 0.278. The van der Waals surface area contributed by atoms with Crippen molar-refractivity contribution >= 4 is 45.2 Å². The number of thioether (sulfide) groups is 1. The van der Waals surface area contributed by atoms with E-state index in [1.807, 2.05) is 23.1 Å². The van der Waals surface area contributed by atoms with Crippen LogP contribution in [0.1, 0.15) is 27.6 Å². The summed E-state index contributed by atoms with van der Waals surface area (Å²) in [6.45, 7) is 1.23. The standard InChI is InChI=1S/C18H16BrClFNOS/c19-12-5-6-15(20)14(11-12)18(23)22-8-7-17(24-10-9-22)13-3-1-2-4-16(13)21/h1-6,11,17H,7-10H2/t17-/m0/s1. The monoisotopic (exact) mass is 427 g/mol. The lowest BCUT2D eigenvalue weighted by atomic mass is 10.1. The van der Waals surface area contributed by atoms with E-state index in [0.717, 1.165) is 22.2 Å². The lowest BCUT2D eigenvalue weighted by Crippen LogP contribution is -2.33. The molecule has 0 saturated carbocycles. The van der Waals surface area contributed by atoms with Gasteiger partial charge in [0.2, 0.25) is 0 Å². The van der Waals surface area contributed by atoms with Gasteiger partial charge in [0.25, 0.3) is 5.91 Å². The minimum Gasteiger partial charge on any atom is -0.338 e. The van der Waals surface area contributed by atoms with Crippen LogP contribution in [0.5, 0.6) is 0 Å². The van der Waals surface area contributed by atoms with Crippen molar-refractivity contribution in [3.63, 3.8) is 0 Å². The van der Waals surface area contributed by atoms with Crippen LogP contribution in [-0.4, -0.2) is 29.6 Å². The Morgan fingerprint density at radius 3 is 2.83 bits per heavy atom. The summed E-state index contributed by atoms with van der Waals surface area (Å²) in [4.78, 5) is 14.6. The molecule has 2 aromatic carbocycles. The van der Waals surface area contributed by atoms with Gasteiger partial charge in [-0.15, -0.1) is 0 Å². The second-order valence-corrected chi connectivity index (χ2v) is 8.22. The van der Waals surface area contributed by atoms with Gasteiger partial charge in [-0.2, -0.15) is 11.8 Å². The lowest BCUT2D eigenvalue weighted by Gasteiger charge is -2.21. The molecule has 0 bridgehead atoms. The largest absolute Gasteiger partial charge is 0.338 e. The summed E-state index contributed by atoms with van der Waals surface area (Å²) in [6.07, 6.45) is 0.725. The number of hydrogen-bond donors (Lipinski definition) is 0. The molecule has 1 amide bonds. The molecule has 0 unspecified atom stereocenters. The van der Waals surface area contributed by atoms with Gasteiger partial charge in [0, 0.05) is 34.1 Å². The molecule has 126 valence electrons. The van der Waals surface area contributed by atoms with Gasteiger partial charge in [0.1, 0.15) is 5.82 Å². The van der Waals surface area contributed by atoms with Crippen LogP contribution in [0.2, 0.25) is 5.02 Å². The van der Waals surface area contributed by atoms with Crippen molar-refractivity contribution in [3.8, 4) is 0 Å². The maximum absolute atomic E-state index is 14.0. The van der Waals surface area contributed by atoms with Crippen LogP contribution in [0.3, 0.4) is 0 Å². The highest BCUT2D eigenvalue weighted by Gasteiger charge is 2.25. The first-order valence-corrected chi connectivity index (χ1v) is 9.88. The summed E-state index contributed by atoms with van der Waals surface area (Å²) < 4.78 is 14.8. The molecule has 2 aromatic rings. The zero-order valence-electron chi connectivity index (χ0n) is 12.8. The third-order valence-electron chi connectivity index (χ3n) is 4.04. The number of halogens is 3. The lowest BCUT2D eigenvalue weighted by molar-refractivity contribution is 0.0766. The number of amides is 1. The number of hydrogen-bond acceptors (Lipinski definition) is 2. The van der Waals surface area contributed by atoms with E-state index < -0.39 is 0 Å². The highest BCUT2D eigenvalue weighted by molar-refractivity contribution is 9.10. The number of carbonyl (C=O) groups is 1. The number of benzene rings is 2. The summed E-state index contributed by atoms with van der Waals surface area (Å²) in [7, 11) is 0. The van der Waals surface area contributed by atoms with E-state index in [-0.39, 0.29) is 17.0 Å². The van der Waals surface area contributed by atoms with Gasteiger partial charge < -0.3 is 4.90 Å². The van der Waals surface area contributed by atoms with Crippen molar-refractivity contribution < 1.29 is 9.18 Å². The van der Waals surface area contributed by atoms with Crippen molar-refractivity contribution in [2.24, 2.45) is 0 Å². The molecule has 6 heteroatoms. The van der Waals surface area contributed by atoms with Crippen LogP contribution >= 0.6 is 39.3 Å². The summed E-state index contributed by atoms with van der Waals surface area (Å²) in [6, 6.07) is 12.1. The molecule has 3 rings (SSSR count). The van der Waals surface area contributed by atoms with Crippen LogP contribution < -0.4 is 0 Å². The van der Waals surface area contributed by atoms with Gasteiger partial charge >= 0.3 is 0 Å². The molecule has 0 N–H and O–H groups in total. The second-order valence-electron chi connectivity index (χ2n) is 5.59. The van der Waals surface area contributed by atoms with Crippen molar-refractivity contribution in [3.05, 3.63) is 68.9 Å². The first-order chi connectivity index (χ1) is 11.6. The molecular formula is C18H16BrClFNOS. The van der Waals surface area contributed by atoms with Crippen molar-refractivity contribution in [2.75, 3.05) is 18.8 Å². The Balaban J connectivity index is 1.75. The van der Waals surface area contributed by atoms with Crippen LogP contribution in [0.4, 0.5) is 4.39 Å². The minimum absolute atomic E-state index is 0.0713. The van der Waals surface area contributed by atoms with Crippen LogP contribution in [0, 0.1) is 5.82 Å². The molecule has 1 saturated heterocycles. The zero-order valence-corrected chi connectivity index (χ0v) is 16.0. The first-order valence-electron chi connectivity index (χ1n) is 7.66. The molecule has 1 aliphatic heterocycles. The molecular weight excluding hydrogens is 413 g/mol. The Bertz CT molecular complexity index is 758. The highest BCUT2D eigenvalue weighted by atomic mass is 79.9. The SMILES string of the molecule is O=C(c1cc(Br)ccc1Cl)N1CCS[C@H](c2ccccc2F)CC1. The van der Waals surface area contributed by atoms with E-state index in [1.165, 1.54) is 6.07 Å². The van der Waals surface area contributed by atoms with Crippen molar-refractivity contribution in [1.29, 1.82) is 0 Å². The fourth-order valence-electron chi connectivity index (χ4n) is 2.79. The number of nitrogens with zero attached hydrogens (tertiary/aromatic N) is 1. The molecule has 0 spiro atoms. The van der Waals surface area contributed by atoms with Crippen molar-refractivity contribution in [1.82, 2.24) is 4.90 Å². The smallest absolute Gasteiger partial charge is 0.255 e. The summed E-state index contributed by atoms with van der Waals surface area (Å²) in [5, 5.41) is 0.521. The minimum atomic E-state index is -0.176. The van der Waals surface area contributed by atoms with Crippen LogP contribution in [0.15, 0.2) is 46.9 Å². The van der Waals surface area contributed by atoms with Gasteiger partial charge in [0.05, 0.1) is 10.6 Å². The number of rotatable bonds is 2. The molecule has 0 aromatic heterocycles. The average Bonchev–Trinajstić information content (AvgIpc) is 2.83. The Morgan fingerprint density at radius 2 is 2.04 bits per heavy atom. The van der Waals surface area contributed by atoms with E-state index in [9.17, 15) is 9.18 Å². The Kier molecular flexibility index (Phi) is 5.85. The first kappa shape index (κ1) is 17.8. The van der Waals surface area contributed by atoms with Gasteiger partial charge in [-0.25, -0.2) is 4.39 Å². The molecule has 1 fully saturated rings. The van der Waals surface area contributed by atoms with Gasteiger partial charge in [-0.3, -0.25) is 4.79 Å². The van der Waals surface area contributed by atoms with E-state index in [4.69, 9.17) is 11.6 Å². The molecule has 1 heterocycles. The Labute approximate surface area is 158 Å². The molecule has 0 radical (unpaired) electrons. The van der Waals surface area contributed by atoms with E-state index >= 15 is 0 Å². The predicted molar refractivity (Wildman–Crippen MR) is 101 cm³/mol.